The first-order valence-corrected chi connectivity index (χ1v) is 5.67. The molecule has 0 bridgehead atoms. The highest BCUT2D eigenvalue weighted by Crippen LogP contribution is 2.23. The molecule has 0 aliphatic rings. The molecule has 4 heteroatoms. The molecule has 1 rings (SSSR count). The molecule has 0 spiro atoms. The molecule has 3 nitrogen and oxygen atoms in total. The van der Waals surface area contributed by atoms with E-state index in [0.29, 0.717) is 6.54 Å². The Morgan fingerprint density at radius 1 is 1.47 bits per heavy atom. The van der Waals surface area contributed by atoms with Crippen molar-refractivity contribution in [2.24, 2.45) is 5.73 Å². The number of likely N-dealkylation sites (N-methyl/N-ethyl adjacent to an activating group) is 1. The van der Waals surface area contributed by atoms with E-state index in [2.05, 4.69) is 26.9 Å². The molecule has 0 radical (unpaired) electrons. The summed E-state index contributed by atoms with van der Waals surface area (Å²) in [5.74, 6) is 0.919. The van der Waals surface area contributed by atoms with Crippen LogP contribution in [0.15, 0.2) is 22.7 Å². The summed E-state index contributed by atoms with van der Waals surface area (Å²) in [5.41, 5.74) is 6.67. The van der Waals surface area contributed by atoms with Gasteiger partial charge in [-0.2, -0.15) is 0 Å². The van der Waals surface area contributed by atoms with Gasteiger partial charge in [-0.3, -0.25) is 0 Å². The van der Waals surface area contributed by atoms with Gasteiger partial charge in [-0.25, -0.2) is 0 Å². The Balaban J connectivity index is 2.77. The minimum Gasteiger partial charge on any atom is -0.496 e. The van der Waals surface area contributed by atoms with E-state index in [1.807, 2.05) is 19.2 Å². The summed E-state index contributed by atoms with van der Waals surface area (Å²) in [4.78, 5) is 2.17. The Labute approximate surface area is 99.3 Å². The van der Waals surface area contributed by atoms with Crippen molar-refractivity contribution in [3.8, 4) is 5.75 Å². The van der Waals surface area contributed by atoms with Crippen LogP contribution in [0.4, 0.5) is 0 Å². The number of benzene rings is 1. The van der Waals surface area contributed by atoms with E-state index in [9.17, 15) is 0 Å². The summed E-state index contributed by atoms with van der Waals surface area (Å²) in [6.07, 6.45) is 0. The van der Waals surface area contributed by atoms with Gasteiger partial charge in [0, 0.05) is 29.7 Å². The van der Waals surface area contributed by atoms with E-state index < -0.39 is 0 Å². The Hall–Kier alpha value is -0.580. The molecule has 0 amide bonds. The van der Waals surface area contributed by atoms with Crippen molar-refractivity contribution in [3.05, 3.63) is 28.2 Å². The molecule has 0 fully saturated rings. The number of halogens is 1. The summed E-state index contributed by atoms with van der Waals surface area (Å²) in [5, 5.41) is 0. The second-order valence-electron chi connectivity index (χ2n) is 3.48. The smallest absolute Gasteiger partial charge is 0.123 e. The zero-order valence-corrected chi connectivity index (χ0v) is 10.8. The average Bonchev–Trinajstić information content (AvgIpc) is 2.18. The van der Waals surface area contributed by atoms with Crippen molar-refractivity contribution in [1.29, 1.82) is 0 Å². The molecular formula is C11H17BrN2O. The van der Waals surface area contributed by atoms with Crippen molar-refractivity contribution in [2.75, 3.05) is 27.2 Å². The minimum absolute atomic E-state index is 0.673. The predicted octanol–water partition coefficient (Wildman–Crippen LogP) is 1.85. The van der Waals surface area contributed by atoms with Gasteiger partial charge >= 0.3 is 0 Å². The first-order chi connectivity index (χ1) is 7.17. The highest BCUT2D eigenvalue weighted by atomic mass is 79.9. The first kappa shape index (κ1) is 12.5. The summed E-state index contributed by atoms with van der Waals surface area (Å²) < 4.78 is 6.37. The Bertz CT molecular complexity index is 317. The number of nitrogens with two attached hydrogens (primary N) is 1. The van der Waals surface area contributed by atoms with E-state index in [1.54, 1.807) is 7.11 Å². The third kappa shape index (κ3) is 3.81. The van der Waals surface area contributed by atoms with Gasteiger partial charge in [-0.05, 0) is 25.2 Å². The van der Waals surface area contributed by atoms with Gasteiger partial charge in [0.25, 0.3) is 0 Å². The van der Waals surface area contributed by atoms with Gasteiger partial charge in [-0.15, -0.1) is 0 Å². The molecule has 84 valence electrons. The zero-order chi connectivity index (χ0) is 11.3. The average molecular weight is 273 g/mol. The summed E-state index contributed by atoms with van der Waals surface area (Å²) in [6.45, 7) is 2.41. The number of rotatable bonds is 5. The van der Waals surface area contributed by atoms with Gasteiger partial charge < -0.3 is 15.4 Å². The van der Waals surface area contributed by atoms with Gasteiger partial charge in [-0.1, -0.05) is 15.9 Å². The van der Waals surface area contributed by atoms with E-state index >= 15 is 0 Å². The molecule has 0 saturated heterocycles. The molecule has 2 N–H and O–H groups in total. The minimum atomic E-state index is 0.673. The first-order valence-electron chi connectivity index (χ1n) is 4.88. The van der Waals surface area contributed by atoms with Crippen LogP contribution < -0.4 is 10.5 Å². The van der Waals surface area contributed by atoms with Crippen LogP contribution in [0.2, 0.25) is 0 Å². The van der Waals surface area contributed by atoms with Crippen LogP contribution in [0.5, 0.6) is 5.75 Å². The predicted molar refractivity (Wildman–Crippen MR) is 66.1 cm³/mol. The Kier molecular flexibility index (Phi) is 5.08. The van der Waals surface area contributed by atoms with Crippen molar-refractivity contribution < 1.29 is 4.74 Å². The molecule has 0 unspecified atom stereocenters. The van der Waals surface area contributed by atoms with Crippen LogP contribution in [0.3, 0.4) is 0 Å². The third-order valence-electron chi connectivity index (χ3n) is 2.19. The SMILES string of the molecule is COc1ccc(Br)cc1CN(C)CCN. The lowest BCUT2D eigenvalue weighted by Crippen LogP contribution is -2.25. The van der Waals surface area contributed by atoms with Crippen LogP contribution in [-0.2, 0) is 6.54 Å². The fraction of sp³-hybridized carbons (Fsp3) is 0.455. The van der Waals surface area contributed by atoms with E-state index in [-0.39, 0.29) is 0 Å². The molecule has 0 saturated carbocycles. The lowest BCUT2D eigenvalue weighted by atomic mass is 10.2. The van der Waals surface area contributed by atoms with Gasteiger partial charge in [0.1, 0.15) is 5.75 Å². The molecule has 1 aromatic carbocycles. The van der Waals surface area contributed by atoms with E-state index in [4.69, 9.17) is 10.5 Å². The zero-order valence-electron chi connectivity index (χ0n) is 9.16. The molecule has 0 aliphatic heterocycles. The highest BCUT2D eigenvalue weighted by Gasteiger charge is 2.06. The number of nitrogens with zero attached hydrogens (tertiary/aromatic N) is 1. The van der Waals surface area contributed by atoms with Crippen molar-refractivity contribution >= 4 is 15.9 Å². The quantitative estimate of drug-likeness (QED) is 0.889. The van der Waals surface area contributed by atoms with Gasteiger partial charge in [0.2, 0.25) is 0 Å². The molecule has 0 atom stereocenters. The second-order valence-corrected chi connectivity index (χ2v) is 4.40. The fourth-order valence-corrected chi connectivity index (χ4v) is 1.87. The third-order valence-corrected chi connectivity index (χ3v) is 2.69. The topological polar surface area (TPSA) is 38.5 Å². The lowest BCUT2D eigenvalue weighted by molar-refractivity contribution is 0.325. The molecular weight excluding hydrogens is 256 g/mol. The Morgan fingerprint density at radius 3 is 2.80 bits per heavy atom. The van der Waals surface area contributed by atoms with E-state index in [1.165, 1.54) is 5.56 Å². The number of hydrogen-bond donors (Lipinski definition) is 1. The lowest BCUT2D eigenvalue weighted by Gasteiger charge is -2.17. The maximum absolute atomic E-state index is 5.50. The normalized spacial score (nSPS) is 10.7. The second kappa shape index (κ2) is 6.10. The fourth-order valence-electron chi connectivity index (χ4n) is 1.46. The van der Waals surface area contributed by atoms with Crippen LogP contribution in [-0.4, -0.2) is 32.1 Å². The maximum atomic E-state index is 5.50. The van der Waals surface area contributed by atoms with Crippen molar-refractivity contribution in [3.63, 3.8) is 0 Å². The van der Waals surface area contributed by atoms with Gasteiger partial charge in [0.05, 0.1) is 7.11 Å². The summed E-state index contributed by atoms with van der Waals surface area (Å²) in [7, 11) is 3.74. The molecule has 0 aromatic heterocycles. The monoisotopic (exact) mass is 272 g/mol. The molecule has 1 aromatic rings. The number of ether oxygens (including phenoxy) is 1. The van der Waals surface area contributed by atoms with Gasteiger partial charge in [0.15, 0.2) is 0 Å². The Morgan fingerprint density at radius 2 is 2.20 bits per heavy atom. The molecule has 15 heavy (non-hydrogen) atoms. The van der Waals surface area contributed by atoms with Crippen molar-refractivity contribution in [1.82, 2.24) is 4.90 Å². The largest absolute Gasteiger partial charge is 0.496 e. The molecule has 0 heterocycles. The molecule has 0 aliphatic carbocycles. The summed E-state index contributed by atoms with van der Waals surface area (Å²) in [6, 6.07) is 6.02. The van der Waals surface area contributed by atoms with Crippen LogP contribution in [0, 0.1) is 0 Å². The van der Waals surface area contributed by atoms with Crippen molar-refractivity contribution in [2.45, 2.75) is 6.54 Å². The maximum Gasteiger partial charge on any atom is 0.123 e. The van der Waals surface area contributed by atoms with Crippen LogP contribution in [0.25, 0.3) is 0 Å². The van der Waals surface area contributed by atoms with E-state index in [0.717, 1.165) is 23.3 Å². The standard InChI is InChI=1S/C11H17BrN2O/c1-14(6-5-13)8-9-7-10(12)3-4-11(9)15-2/h3-4,7H,5-6,8,13H2,1-2H3. The van der Waals surface area contributed by atoms with Crippen LogP contribution >= 0.6 is 15.9 Å². The van der Waals surface area contributed by atoms with Crippen LogP contribution in [0.1, 0.15) is 5.56 Å². The highest BCUT2D eigenvalue weighted by molar-refractivity contribution is 9.10. The number of methoxy groups -OCH3 is 1. The number of hydrogen-bond acceptors (Lipinski definition) is 3. The summed E-state index contributed by atoms with van der Waals surface area (Å²) >= 11 is 3.46.